The molecule has 3 rings (SSSR count). The van der Waals surface area contributed by atoms with E-state index in [1.165, 1.54) is 12.8 Å². The predicted octanol–water partition coefficient (Wildman–Crippen LogP) is 1.99. The van der Waals surface area contributed by atoms with Crippen LogP contribution in [0.15, 0.2) is 18.2 Å². The van der Waals surface area contributed by atoms with Gasteiger partial charge < -0.3 is 19.6 Å². The third-order valence-corrected chi connectivity index (χ3v) is 4.20. The topological polar surface area (TPSA) is 53.0 Å². The van der Waals surface area contributed by atoms with Gasteiger partial charge in [0.1, 0.15) is 11.5 Å². The summed E-state index contributed by atoms with van der Waals surface area (Å²) in [5.41, 5.74) is -0.201. The number of fused-ring (bicyclic) bond motifs is 1. The first kappa shape index (κ1) is 14.2. The molecule has 0 saturated carbocycles. The van der Waals surface area contributed by atoms with E-state index in [0.29, 0.717) is 18.0 Å². The molecule has 2 heterocycles. The summed E-state index contributed by atoms with van der Waals surface area (Å²) in [5.74, 6) is 0.745. The van der Waals surface area contributed by atoms with Crippen molar-refractivity contribution in [2.75, 3.05) is 31.1 Å². The summed E-state index contributed by atoms with van der Waals surface area (Å²) in [6.45, 7) is 7.27. The Morgan fingerprint density at radius 3 is 2.67 bits per heavy atom. The molecular formula is C16H22N2O3. The Kier molecular flexibility index (Phi) is 3.53. The normalized spacial score (nSPS) is 21.2. The highest BCUT2D eigenvalue weighted by atomic mass is 16.5. The Morgan fingerprint density at radius 2 is 1.95 bits per heavy atom. The lowest BCUT2D eigenvalue weighted by Crippen LogP contribution is -2.54. The molecule has 0 spiro atoms. The van der Waals surface area contributed by atoms with Crippen LogP contribution in [0.4, 0.5) is 5.69 Å². The van der Waals surface area contributed by atoms with Crippen molar-refractivity contribution in [1.29, 1.82) is 0 Å². The lowest BCUT2D eigenvalue weighted by Gasteiger charge is -2.39. The third-order valence-electron chi connectivity index (χ3n) is 4.20. The molecule has 21 heavy (non-hydrogen) atoms. The van der Waals surface area contributed by atoms with Crippen LogP contribution in [0, 0.1) is 0 Å². The number of phenolic OH excluding ortho intramolecular Hbond substituents is 1. The summed E-state index contributed by atoms with van der Waals surface area (Å²) in [6, 6.07) is 4.91. The minimum absolute atomic E-state index is 0.0557. The number of rotatable bonds is 3. The van der Waals surface area contributed by atoms with Crippen molar-refractivity contribution in [2.24, 2.45) is 0 Å². The highest BCUT2D eigenvalue weighted by Crippen LogP contribution is 2.39. The van der Waals surface area contributed by atoms with Gasteiger partial charge in [-0.3, -0.25) is 4.79 Å². The molecular weight excluding hydrogens is 268 g/mol. The van der Waals surface area contributed by atoms with Crippen molar-refractivity contribution in [3.63, 3.8) is 0 Å². The number of hydrogen-bond donors (Lipinski definition) is 1. The predicted molar refractivity (Wildman–Crippen MR) is 80.8 cm³/mol. The number of carbonyl (C=O) groups is 1. The average molecular weight is 290 g/mol. The smallest absolute Gasteiger partial charge is 0.270 e. The van der Waals surface area contributed by atoms with Gasteiger partial charge in [-0.2, -0.15) is 0 Å². The molecule has 1 aromatic carbocycles. The van der Waals surface area contributed by atoms with Crippen LogP contribution < -0.4 is 9.64 Å². The number of hydrogen-bond acceptors (Lipinski definition) is 4. The highest BCUT2D eigenvalue weighted by Gasteiger charge is 2.41. The molecule has 0 aliphatic carbocycles. The fraction of sp³-hybridized carbons (Fsp3) is 0.562. The number of ether oxygens (including phenoxy) is 1. The molecule has 1 N–H and O–H groups in total. The minimum Gasteiger partial charge on any atom is -0.508 e. The second kappa shape index (κ2) is 5.22. The molecule has 114 valence electrons. The Hall–Kier alpha value is -1.75. The van der Waals surface area contributed by atoms with Crippen LogP contribution in [0.2, 0.25) is 0 Å². The number of amides is 1. The molecule has 1 saturated heterocycles. The van der Waals surface area contributed by atoms with E-state index in [2.05, 4.69) is 4.90 Å². The maximum Gasteiger partial charge on any atom is 0.270 e. The van der Waals surface area contributed by atoms with E-state index in [9.17, 15) is 9.90 Å². The van der Waals surface area contributed by atoms with Gasteiger partial charge >= 0.3 is 0 Å². The van der Waals surface area contributed by atoms with E-state index < -0.39 is 5.60 Å². The molecule has 0 aromatic heterocycles. The van der Waals surface area contributed by atoms with Crippen LogP contribution >= 0.6 is 0 Å². The number of aromatic hydroxyl groups is 1. The third kappa shape index (κ3) is 2.70. The molecule has 2 aliphatic heterocycles. The van der Waals surface area contributed by atoms with Crippen molar-refractivity contribution in [1.82, 2.24) is 4.90 Å². The standard InChI is InChI=1S/C16H22N2O3/c1-16(2)15(20)18(10-9-17-7-3-4-8-17)13-11-12(19)5-6-14(13)21-16/h5-6,11,19H,3-4,7-10H2,1-2H3. The monoisotopic (exact) mass is 290 g/mol. The number of phenols is 1. The molecule has 1 aromatic rings. The molecule has 5 nitrogen and oxygen atoms in total. The number of nitrogens with zero attached hydrogens (tertiary/aromatic N) is 2. The van der Waals surface area contributed by atoms with Gasteiger partial charge in [-0.1, -0.05) is 0 Å². The van der Waals surface area contributed by atoms with Crippen LogP contribution in [0.3, 0.4) is 0 Å². The maximum atomic E-state index is 12.6. The van der Waals surface area contributed by atoms with Crippen LogP contribution in [0.1, 0.15) is 26.7 Å². The fourth-order valence-electron chi connectivity index (χ4n) is 3.03. The first-order valence-electron chi connectivity index (χ1n) is 7.54. The van der Waals surface area contributed by atoms with Gasteiger partial charge in [0.25, 0.3) is 5.91 Å². The van der Waals surface area contributed by atoms with Gasteiger partial charge in [-0.15, -0.1) is 0 Å². The molecule has 0 unspecified atom stereocenters. The average Bonchev–Trinajstić information content (AvgIpc) is 2.93. The first-order chi connectivity index (χ1) is 9.97. The molecule has 0 radical (unpaired) electrons. The van der Waals surface area contributed by atoms with Crippen LogP contribution in [0.25, 0.3) is 0 Å². The van der Waals surface area contributed by atoms with Gasteiger partial charge in [-0.05, 0) is 51.9 Å². The zero-order chi connectivity index (χ0) is 15.0. The Bertz CT molecular complexity index is 550. The fourth-order valence-corrected chi connectivity index (χ4v) is 3.03. The van der Waals surface area contributed by atoms with E-state index >= 15 is 0 Å². The van der Waals surface area contributed by atoms with Crippen molar-refractivity contribution in [3.8, 4) is 11.5 Å². The van der Waals surface area contributed by atoms with E-state index in [1.54, 1.807) is 36.9 Å². The first-order valence-corrected chi connectivity index (χ1v) is 7.54. The van der Waals surface area contributed by atoms with Crippen molar-refractivity contribution in [2.45, 2.75) is 32.3 Å². The quantitative estimate of drug-likeness (QED) is 0.925. The SMILES string of the molecule is CC1(C)Oc2ccc(O)cc2N(CCN2CCCC2)C1=O. The summed E-state index contributed by atoms with van der Waals surface area (Å²) >= 11 is 0. The van der Waals surface area contributed by atoms with Crippen molar-refractivity contribution >= 4 is 11.6 Å². The Labute approximate surface area is 125 Å². The molecule has 2 aliphatic rings. The Morgan fingerprint density at radius 1 is 1.24 bits per heavy atom. The highest BCUT2D eigenvalue weighted by molar-refractivity contribution is 6.02. The van der Waals surface area contributed by atoms with Crippen molar-refractivity contribution in [3.05, 3.63) is 18.2 Å². The summed E-state index contributed by atoms with van der Waals surface area (Å²) in [7, 11) is 0. The van der Waals surface area contributed by atoms with Crippen LogP contribution in [0.5, 0.6) is 11.5 Å². The lowest BCUT2D eigenvalue weighted by molar-refractivity contribution is -0.132. The van der Waals surface area contributed by atoms with E-state index in [0.717, 1.165) is 19.6 Å². The molecule has 5 heteroatoms. The number of benzene rings is 1. The van der Waals surface area contributed by atoms with Gasteiger partial charge in [-0.25, -0.2) is 0 Å². The summed E-state index contributed by atoms with van der Waals surface area (Å²) in [5, 5.41) is 9.70. The molecule has 0 bridgehead atoms. The largest absolute Gasteiger partial charge is 0.508 e. The van der Waals surface area contributed by atoms with Gasteiger partial charge in [0, 0.05) is 19.2 Å². The maximum absolute atomic E-state index is 12.6. The van der Waals surface area contributed by atoms with Gasteiger partial charge in [0.15, 0.2) is 5.60 Å². The van der Waals surface area contributed by atoms with Crippen LogP contribution in [-0.2, 0) is 4.79 Å². The van der Waals surface area contributed by atoms with Crippen molar-refractivity contribution < 1.29 is 14.6 Å². The second-order valence-corrected chi connectivity index (χ2v) is 6.27. The van der Waals surface area contributed by atoms with Gasteiger partial charge in [0.05, 0.1) is 5.69 Å². The minimum atomic E-state index is -0.866. The van der Waals surface area contributed by atoms with E-state index in [4.69, 9.17) is 4.74 Å². The zero-order valence-corrected chi connectivity index (χ0v) is 12.6. The van der Waals surface area contributed by atoms with Crippen LogP contribution in [-0.4, -0.2) is 47.7 Å². The summed E-state index contributed by atoms with van der Waals surface area (Å²) in [4.78, 5) is 16.7. The van der Waals surface area contributed by atoms with E-state index in [1.807, 2.05) is 0 Å². The lowest BCUT2D eigenvalue weighted by atomic mass is 10.0. The number of anilines is 1. The second-order valence-electron chi connectivity index (χ2n) is 6.27. The number of likely N-dealkylation sites (tertiary alicyclic amines) is 1. The molecule has 1 fully saturated rings. The van der Waals surface area contributed by atoms with Gasteiger partial charge in [0.2, 0.25) is 0 Å². The molecule has 0 atom stereocenters. The van der Waals surface area contributed by atoms with E-state index in [-0.39, 0.29) is 11.7 Å². The zero-order valence-electron chi connectivity index (χ0n) is 12.6. The summed E-state index contributed by atoms with van der Waals surface area (Å²) in [6.07, 6.45) is 2.47. The number of carbonyl (C=O) groups excluding carboxylic acids is 1. The molecule has 1 amide bonds. The summed E-state index contributed by atoms with van der Waals surface area (Å²) < 4.78 is 5.77. The Balaban J connectivity index is 1.85.